The third kappa shape index (κ3) is 2.25. The standard InChI is InChI=1S/C11H17N3OS/c1-8(15)10-6-12-11(16-10)14-5-4-9(7-14)13(2)3/h6,9H,4-5,7H2,1-3H3. The number of hydrogen-bond acceptors (Lipinski definition) is 5. The summed E-state index contributed by atoms with van der Waals surface area (Å²) in [6.45, 7) is 3.63. The summed E-state index contributed by atoms with van der Waals surface area (Å²) in [6, 6.07) is 0.602. The molecule has 1 aromatic rings. The molecule has 0 radical (unpaired) electrons. The van der Waals surface area contributed by atoms with Crippen LogP contribution in [0.25, 0.3) is 0 Å². The van der Waals surface area contributed by atoms with Gasteiger partial charge in [0.15, 0.2) is 10.9 Å². The highest BCUT2D eigenvalue weighted by Crippen LogP contribution is 2.27. The highest BCUT2D eigenvalue weighted by Gasteiger charge is 2.25. The van der Waals surface area contributed by atoms with Gasteiger partial charge in [0.2, 0.25) is 0 Å². The molecule has 1 saturated heterocycles. The van der Waals surface area contributed by atoms with E-state index in [4.69, 9.17) is 0 Å². The van der Waals surface area contributed by atoms with Crippen LogP contribution >= 0.6 is 11.3 Å². The molecular weight excluding hydrogens is 222 g/mol. The van der Waals surface area contributed by atoms with Crippen molar-refractivity contribution in [3.63, 3.8) is 0 Å². The zero-order chi connectivity index (χ0) is 11.7. The van der Waals surface area contributed by atoms with Gasteiger partial charge in [0.05, 0.1) is 11.1 Å². The first-order valence-corrected chi connectivity index (χ1v) is 6.27. The zero-order valence-corrected chi connectivity index (χ0v) is 10.8. The monoisotopic (exact) mass is 239 g/mol. The van der Waals surface area contributed by atoms with E-state index in [9.17, 15) is 4.79 Å². The Balaban J connectivity index is 2.06. The molecule has 1 aromatic heterocycles. The van der Waals surface area contributed by atoms with Crippen LogP contribution in [0.4, 0.5) is 5.13 Å². The molecule has 16 heavy (non-hydrogen) atoms. The van der Waals surface area contributed by atoms with Crippen LogP contribution in [0.1, 0.15) is 23.0 Å². The maximum atomic E-state index is 11.2. The highest BCUT2D eigenvalue weighted by atomic mass is 32.1. The summed E-state index contributed by atoms with van der Waals surface area (Å²) < 4.78 is 0. The Bertz CT molecular complexity index is 388. The lowest BCUT2D eigenvalue weighted by Crippen LogP contribution is -2.31. The third-order valence-corrected chi connectivity index (χ3v) is 4.16. The predicted octanol–water partition coefficient (Wildman–Crippen LogP) is 1.49. The van der Waals surface area contributed by atoms with Gasteiger partial charge in [-0.2, -0.15) is 0 Å². The summed E-state index contributed by atoms with van der Waals surface area (Å²) in [4.78, 5) is 20.8. The maximum absolute atomic E-state index is 11.2. The van der Waals surface area contributed by atoms with E-state index >= 15 is 0 Å². The van der Waals surface area contributed by atoms with Crippen LogP contribution in [0, 0.1) is 0 Å². The Morgan fingerprint density at radius 1 is 1.62 bits per heavy atom. The molecule has 1 aliphatic rings. The molecule has 1 unspecified atom stereocenters. The van der Waals surface area contributed by atoms with Gasteiger partial charge in [-0.25, -0.2) is 4.98 Å². The largest absolute Gasteiger partial charge is 0.346 e. The van der Waals surface area contributed by atoms with Gasteiger partial charge in [0, 0.05) is 26.1 Å². The maximum Gasteiger partial charge on any atom is 0.185 e. The number of Topliss-reactive ketones (excluding diaryl/α,β-unsaturated/α-hetero) is 1. The third-order valence-electron chi connectivity index (χ3n) is 3.00. The first-order valence-electron chi connectivity index (χ1n) is 5.46. The topological polar surface area (TPSA) is 36.4 Å². The summed E-state index contributed by atoms with van der Waals surface area (Å²) in [5, 5.41) is 0.981. The average Bonchev–Trinajstić information content (AvgIpc) is 2.86. The van der Waals surface area contributed by atoms with Crippen molar-refractivity contribution in [2.24, 2.45) is 0 Å². The Morgan fingerprint density at radius 2 is 2.38 bits per heavy atom. The Morgan fingerprint density at radius 3 is 2.88 bits per heavy atom. The Hall–Kier alpha value is -0.940. The van der Waals surface area contributed by atoms with Gasteiger partial charge in [0.25, 0.3) is 0 Å². The van der Waals surface area contributed by atoms with E-state index in [1.807, 2.05) is 0 Å². The van der Waals surface area contributed by atoms with Gasteiger partial charge in [-0.15, -0.1) is 0 Å². The molecule has 2 heterocycles. The summed E-state index contributed by atoms with van der Waals surface area (Å²) in [5.74, 6) is 0.104. The van der Waals surface area contributed by atoms with Crippen molar-refractivity contribution in [1.29, 1.82) is 0 Å². The summed E-state index contributed by atoms with van der Waals surface area (Å²) in [6.07, 6.45) is 2.85. The van der Waals surface area contributed by atoms with Gasteiger partial charge in [0.1, 0.15) is 0 Å². The first-order chi connectivity index (χ1) is 7.58. The molecule has 0 saturated carbocycles. The van der Waals surface area contributed by atoms with Crippen molar-refractivity contribution < 1.29 is 4.79 Å². The van der Waals surface area contributed by atoms with Crippen LogP contribution in [-0.4, -0.2) is 48.9 Å². The van der Waals surface area contributed by atoms with E-state index in [0.29, 0.717) is 6.04 Å². The Labute approximate surface area is 99.9 Å². The number of anilines is 1. The van der Waals surface area contributed by atoms with Crippen LogP contribution in [0.3, 0.4) is 0 Å². The van der Waals surface area contributed by atoms with Crippen molar-refractivity contribution in [1.82, 2.24) is 9.88 Å². The number of carbonyl (C=O) groups is 1. The van der Waals surface area contributed by atoms with Crippen molar-refractivity contribution in [2.75, 3.05) is 32.1 Å². The van der Waals surface area contributed by atoms with Crippen molar-refractivity contribution in [3.05, 3.63) is 11.1 Å². The lowest BCUT2D eigenvalue weighted by Gasteiger charge is -2.19. The average molecular weight is 239 g/mol. The zero-order valence-electron chi connectivity index (χ0n) is 9.93. The van der Waals surface area contributed by atoms with Crippen molar-refractivity contribution in [2.45, 2.75) is 19.4 Å². The predicted molar refractivity (Wildman–Crippen MR) is 66.4 cm³/mol. The fraction of sp³-hybridized carbons (Fsp3) is 0.636. The second kappa shape index (κ2) is 4.51. The number of nitrogens with zero attached hydrogens (tertiary/aromatic N) is 3. The summed E-state index contributed by atoms with van der Waals surface area (Å²) >= 11 is 1.50. The lowest BCUT2D eigenvalue weighted by molar-refractivity contribution is 0.102. The SMILES string of the molecule is CC(=O)c1cnc(N2CCC(N(C)C)C2)s1. The first kappa shape index (κ1) is 11.5. The Kier molecular flexibility index (Phi) is 3.25. The minimum Gasteiger partial charge on any atom is -0.346 e. The number of aromatic nitrogens is 1. The van der Waals surface area contributed by atoms with E-state index in [-0.39, 0.29) is 5.78 Å². The molecule has 0 aromatic carbocycles. The molecule has 1 aliphatic heterocycles. The quantitative estimate of drug-likeness (QED) is 0.749. The fourth-order valence-electron chi connectivity index (χ4n) is 1.91. The van der Waals surface area contributed by atoms with Gasteiger partial charge in [-0.05, 0) is 20.5 Å². The molecule has 4 nitrogen and oxygen atoms in total. The highest BCUT2D eigenvalue weighted by molar-refractivity contribution is 7.17. The van der Waals surface area contributed by atoms with Gasteiger partial charge >= 0.3 is 0 Å². The van der Waals surface area contributed by atoms with E-state index in [1.54, 1.807) is 13.1 Å². The fourth-order valence-corrected chi connectivity index (χ4v) is 2.76. The second-order valence-corrected chi connectivity index (χ2v) is 5.42. The molecule has 1 atom stereocenters. The van der Waals surface area contributed by atoms with E-state index in [0.717, 1.165) is 23.1 Å². The minimum atomic E-state index is 0.104. The van der Waals surface area contributed by atoms with Crippen LogP contribution in [0.2, 0.25) is 0 Å². The number of thiazole rings is 1. The number of rotatable bonds is 3. The van der Waals surface area contributed by atoms with E-state index < -0.39 is 0 Å². The summed E-state index contributed by atoms with van der Waals surface area (Å²) in [5.41, 5.74) is 0. The van der Waals surface area contributed by atoms with Crippen LogP contribution in [0.15, 0.2) is 6.20 Å². The van der Waals surface area contributed by atoms with Crippen LogP contribution in [0.5, 0.6) is 0 Å². The number of ketones is 1. The van der Waals surface area contributed by atoms with Gasteiger partial charge in [-0.3, -0.25) is 4.79 Å². The van der Waals surface area contributed by atoms with E-state index in [1.165, 1.54) is 17.8 Å². The van der Waals surface area contributed by atoms with Crippen LogP contribution in [-0.2, 0) is 0 Å². The molecular formula is C11H17N3OS. The van der Waals surface area contributed by atoms with E-state index in [2.05, 4.69) is 28.9 Å². The number of hydrogen-bond donors (Lipinski definition) is 0. The van der Waals surface area contributed by atoms with Gasteiger partial charge < -0.3 is 9.80 Å². The van der Waals surface area contributed by atoms with Gasteiger partial charge in [-0.1, -0.05) is 11.3 Å². The second-order valence-electron chi connectivity index (χ2n) is 4.42. The summed E-state index contributed by atoms with van der Waals surface area (Å²) in [7, 11) is 4.22. The molecule has 0 bridgehead atoms. The number of likely N-dealkylation sites (N-methyl/N-ethyl adjacent to an activating group) is 1. The molecule has 5 heteroatoms. The molecule has 2 rings (SSSR count). The van der Waals surface area contributed by atoms with Crippen molar-refractivity contribution >= 4 is 22.3 Å². The molecule has 88 valence electrons. The number of carbonyl (C=O) groups excluding carboxylic acids is 1. The lowest BCUT2D eigenvalue weighted by atomic mass is 10.2. The molecule has 1 fully saturated rings. The molecule has 0 N–H and O–H groups in total. The minimum absolute atomic E-state index is 0.104. The normalized spacial score (nSPS) is 20.8. The van der Waals surface area contributed by atoms with Crippen molar-refractivity contribution in [3.8, 4) is 0 Å². The smallest absolute Gasteiger partial charge is 0.185 e. The molecule has 0 aliphatic carbocycles. The van der Waals surface area contributed by atoms with Crippen LogP contribution < -0.4 is 4.90 Å². The molecule has 0 amide bonds. The molecule has 0 spiro atoms.